The molecule has 0 aliphatic carbocycles. The molecular formula is C26H37N3O3. The highest BCUT2D eigenvalue weighted by Gasteiger charge is 2.26. The molecule has 1 heterocycles. The minimum atomic E-state index is -0.253. The van der Waals surface area contributed by atoms with Crippen molar-refractivity contribution in [2.45, 2.75) is 58.9 Å². The molecule has 32 heavy (non-hydrogen) atoms. The lowest BCUT2D eigenvalue weighted by Crippen LogP contribution is -2.42. The molecule has 1 aliphatic rings. The topological polar surface area (TPSA) is 76.8 Å². The number of ether oxygens (including phenoxy) is 2. The van der Waals surface area contributed by atoms with Crippen LogP contribution in [-0.2, 0) is 4.79 Å². The van der Waals surface area contributed by atoms with Crippen LogP contribution in [0.1, 0.15) is 50.2 Å². The molecule has 1 saturated heterocycles. The van der Waals surface area contributed by atoms with Gasteiger partial charge in [0, 0.05) is 31.6 Å². The van der Waals surface area contributed by atoms with Crippen LogP contribution in [0.2, 0.25) is 0 Å². The van der Waals surface area contributed by atoms with E-state index in [1.807, 2.05) is 12.1 Å². The van der Waals surface area contributed by atoms with Crippen molar-refractivity contribution in [3.8, 4) is 11.5 Å². The molecule has 0 saturated carbocycles. The maximum Gasteiger partial charge on any atom is 0.219 e. The fraction of sp³-hybridized carbons (Fsp3) is 0.500. The Bertz CT molecular complexity index is 880. The molecular weight excluding hydrogens is 402 g/mol. The van der Waals surface area contributed by atoms with E-state index in [2.05, 4.69) is 55.3 Å². The Morgan fingerprint density at radius 3 is 2.62 bits per heavy atom. The number of hydrogen-bond acceptors (Lipinski definition) is 5. The summed E-state index contributed by atoms with van der Waals surface area (Å²) in [5.74, 6) is 1.55. The first-order valence-electron chi connectivity index (χ1n) is 11.7. The Balaban J connectivity index is 1.74. The third kappa shape index (κ3) is 6.31. The number of carbonyl (C=O) groups is 1. The number of piperidine rings is 1. The summed E-state index contributed by atoms with van der Waals surface area (Å²) in [5, 5.41) is 3.54. The Kier molecular flexibility index (Phi) is 8.65. The second-order valence-corrected chi connectivity index (χ2v) is 8.54. The summed E-state index contributed by atoms with van der Waals surface area (Å²) in [5.41, 5.74) is 9.93. The fourth-order valence-electron chi connectivity index (χ4n) is 4.34. The van der Waals surface area contributed by atoms with Crippen LogP contribution < -0.4 is 25.4 Å². The number of hydrogen-bond donors (Lipinski definition) is 2. The molecule has 0 radical (unpaired) electrons. The Morgan fingerprint density at radius 2 is 1.91 bits per heavy atom. The average Bonchev–Trinajstić information content (AvgIpc) is 2.77. The summed E-state index contributed by atoms with van der Waals surface area (Å²) in [7, 11) is 0. The first kappa shape index (κ1) is 23.8. The lowest BCUT2D eigenvalue weighted by Gasteiger charge is -2.38. The van der Waals surface area contributed by atoms with E-state index in [0.717, 1.165) is 66.2 Å². The normalized spacial score (nSPS) is 16.0. The average molecular weight is 440 g/mol. The number of anilines is 2. The number of amides is 1. The van der Waals surface area contributed by atoms with Crippen molar-refractivity contribution in [1.82, 2.24) is 0 Å². The predicted octanol–water partition coefficient (Wildman–Crippen LogP) is 4.82. The van der Waals surface area contributed by atoms with Crippen molar-refractivity contribution in [2.75, 3.05) is 36.5 Å². The van der Waals surface area contributed by atoms with Gasteiger partial charge in [-0.15, -0.1) is 0 Å². The van der Waals surface area contributed by atoms with Crippen LogP contribution in [0.3, 0.4) is 0 Å². The quantitative estimate of drug-likeness (QED) is 0.491. The molecule has 6 nitrogen and oxygen atoms in total. The van der Waals surface area contributed by atoms with Gasteiger partial charge in [0.2, 0.25) is 5.91 Å². The van der Waals surface area contributed by atoms with Gasteiger partial charge in [0.25, 0.3) is 0 Å². The predicted molar refractivity (Wildman–Crippen MR) is 131 cm³/mol. The Morgan fingerprint density at radius 1 is 1.12 bits per heavy atom. The molecule has 1 aliphatic heterocycles. The number of benzene rings is 2. The minimum Gasteiger partial charge on any atom is -0.494 e. The summed E-state index contributed by atoms with van der Waals surface area (Å²) < 4.78 is 12.0. The van der Waals surface area contributed by atoms with Crippen LogP contribution in [0.25, 0.3) is 0 Å². The van der Waals surface area contributed by atoms with Gasteiger partial charge in [-0.25, -0.2) is 0 Å². The minimum absolute atomic E-state index is 0.120. The van der Waals surface area contributed by atoms with E-state index >= 15 is 0 Å². The van der Waals surface area contributed by atoms with Gasteiger partial charge in [0.05, 0.1) is 18.0 Å². The molecule has 0 bridgehead atoms. The van der Waals surface area contributed by atoms with Crippen molar-refractivity contribution in [2.24, 2.45) is 5.73 Å². The molecule has 174 valence electrons. The monoisotopic (exact) mass is 439 g/mol. The van der Waals surface area contributed by atoms with Gasteiger partial charge < -0.3 is 25.4 Å². The highest BCUT2D eigenvalue weighted by Crippen LogP contribution is 2.35. The summed E-state index contributed by atoms with van der Waals surface area (Å²) in [6.45, 7) is 9.05. The number of para-hydroxylation sites is 1. The molecule has 1 amide bonds. The maximum atomic E-state index is 11.7. The van der Waals surface area contributed by atoms with Gasteiger partial charge in [0.15, 0.2) is 0 Å². The zero-order valence-electron chi connectivity index (χ0n) is 19.7. The van der Waals surface area contributed by atoms with E-state index in [4.69, 9.17) is 15.2 Å². The number of primary amides is 1. The SMILES string of the molecule is CCCOc1ccc(NCCOc2c(C)cccc2C)c(N2CCCCC2CC(N)=O)c1. The van der Waals surface area contributed by atoms with Crippen molar-refractivity contribution in [3.05, 3.63) is 47.5 Å². The van der Waals surface area contributed by atoms with Crippen LogP contribution >= 0.6 is 0 Å². The van der Waals surface area contributed by atoms with Gasteiger partial charge in [-0.1, -0.05) is 25.1 Å². The molecule has 2 aromatic carbocycles. The van der Waals surface area contributed by atoms with Crippen LogP contribution in [0.4, 0.5) is 11.4 Å². The number of rotatable bonds is 11. The number of carbonyl (C=O) groups excluding carboxylic acids is 1. The largest absolute Gasteiger partial charge is 0.494 e. The standard InChI is InChI=1S/C26H37N3O3/c1-4-15-31-22-11-12-23(28-13-16-32-26-19(2)8-7-9-20(26)3)24(18-22)29-14-6-5-10-21(29)17-25(27)30/h7-9,11-12,18,21,28H,4-6,10,13-17H2,1-3H3,(H2,27,30). The van der Waals surface area contributed by atoms with Crippen molar-refractivity contribution < 1.29 is 14.3 Å². The highest BCUT2D eigenvalue weighted by atomic mass is 16.5. The summed E-state index contributed by atoms with van der Waals surface area (Å²) in [4.78, 5) is 14.0. The number of nitrogens with two attached hydrogens (primary N) is 1. The molecule has 0 spiro atoms. The molecule has 6 heteroatoms. The molecule has 0 aromatic heterocycles. The zero-order chi connectivity index (χ0) is 22.9. The molecule has 3 N–H and O–H groups in total. The molecule has 1 unspecified atom stereocenters. The summed E-state index contributed by atoms with van der Waals surface area (Å²) >= 11 is 0. The molecule has 1 fully saturated rings. The molecule has 3 rings (SSSR count). The number of aryl methyl sites for hydroxylation is 2. The third-order valence-corrected chi connectivity index (χ3v) is 5.89. The van der Waals surface area contributed by atoms with Crippen molar-refractivity contribution in [3.63, 3.8) is 0 Å². The Hall–Kier alpha value is -2.89. The number of nitrogens with one attached hydrogen (secondary N) is 1. The lowest BCUT2D eigenvalue weighted by atomic mass is 9.97. The highest BCUT2D eigenvalue weighted by molar-refractivity contribution is 5.77. The second-order valence-electron chi connectivity index (χ2n) is 8.54. The zero-order valence-corrected chi connectivity index (χ0v) is 19.7. The van der Waals surface area contributed by atoms with Gasteiger partial charge in [-0.05, 0) is 62.8 Å². The van der Waals surface area contributed by atoms with Gasteiger partial charge in [-0.3, -0.25) is 4.79 Å². The first-order valence-corrected chi connectivity index (χ1v) is 11.7. The Labute approximate surface area is 192 Å². The van der Waals surface area contributed by atoms with Gasteiger partial charge >= 0.3 is 0 Å². The molecule has 2 aromatic rings. The van der Waals surface area contributed by atoms with Gasteiger partial charge in [0.1, 0.15) is 18.1 Å². The van der Waals surface area contributed by atoms with E-state index < -0.39 is 0 Å². The van der Waals surface area contributed by atoms with Crippen LogP contribution in [0.5, 0.6) is 11.5 Å². The second kappa shape index (κ2) is 11.7. The first-order chi connectivity index (χ1) is 15.5. The van der Waals surface area contributed by atoms with E-state index in [-0.39, 0.29) is 11.9 Å². The smallest absolute Gasteiger partial charge is 0.219 e. The maximum absolute atomic E-state index is 11.7. The molecule has 1 atom stereocenters. The number of nitrogens with zero attached hydrogens (tertiary/aromatic N) is 1. The summed E-state index contributed by atoms with van der Waals surface area (Å²) in [6.07, 6.45) is 4.52. The van der Waals surface area contributed by atoms with Crippen LogP contribution in [0, 0.1) is 13.8 Å². The fourth-order valence-corrected chi connectivity index (χ4v) is 4.34. The van der Waals surface area contributed by atoms with E-state index in [0.29, 0.717) is 26.2 Å². The van der Waals surface area contributed by atoms with E-state index in [9.17, 15) is 4.79 Å². The van der Waals surface area contributed by atoms with Crippen molar-refractivity contribution >= 4 is 17.3 Å². The van der Waals surface area contributed by atoms with Crippen molar-refractivity contribution in [1.29, 1.82) is 0 Å². The van der Waals surface area contributed by atoms with E-state index in [1.165, 1.54) is 0 Å². The summed E-state index contributed by atoms with van der Waals surface area (Å²) in [6, 6.07) is 12.5. The lowest BCUT2D eigenvalue weighted by molar-refractivity contribution is -0.118. The third-order valence-electron chi connectivity index (χ3n) is 5.89. The van der Waals surface area contributed by atoms with E-state index in [1.54, 1.807) is 0 Å². The van der Waals surface area contributed by atoms with Crippen LogP contribution in [-0.4, -0.2) is 38.3 Å². The van der Waals surface area contributed by atoms with Crippen LogP contribution in [0.15, 0.2) is 36.4 Å². The van der Waals surface area contributed by atoms with Gasteiger partial charge in [-0.2, -0.15) is 0 Å².